The molecule has 0 amide bonds. The molecule has 17 heavy (non-hydrogen) atoms. The van der Waals surface area contributed by atoms with E-state index in [0.717, 1.165) is 38.2 Å². The second kappa shape index (κ2) is 5.87. The molecular weight excluding hydrogens is 210 g/mol. The summed E-state index contributed by atoms with van der Waals surface area (Å²) in [6.45, 7) is 7.79. The van der Waals surface area contributed by atoms with Crippen molar-refractivity contribution >= 4 is 0 Å². The van der Waals surface area contributed by atoms with Crippen molar-refractivity contribution in [2.75, 3.05) is 13.2 Å². The molecule has 1 aliphatic heterocycles. The first-order chi connectivity index (χ1) is 8.35. The molecule has 1 atom stereocenters. The van der Waals surface area contributed by atoms with E-state index in [1.807, 2.05) is 6.08 Å². The van der Waals surface area contributed by atoms with E-state index >= 15 is 0 Å². The number of benzene rings is 1. The predicted molar refractivity (Wildman–Crippen MR) is 71.5 cm³/mol. The van der Waals surface area contributed by atoms with E-state index in [0.29, 0.717) is 6.04 Å². The molecule has 0 aliphatic carbocycles. The molecule has 2 rings (SSSR count). The molecule has 0 radical (unpaired) electrons. The zero-order valence-corrected chi connectivity index (χ0v) is 10.5. The van der Waals surface area contributed by atoms with Gasteiger partial charge in [-0.25, -0.2) is 0 Å². The summed E-state index contributed by atoms with van der Waals surface area (Å²) in [4.78, 5) is 0. The van der Waals surface area contributed by atoms with Crippen molar-refractivity contribution in [3.05, 3.63) is 42.0 Å². The molecule has 1 aromatic carbocycles. The van der Waals surface area contributed by atoms with Gasteiger partial charge in [-0.3, -0.25) is 0 Å². The maximum absolute atomic E-state index is 5.53. The molecule has 0 bridgehead atoms. The largest absolute Gasteiger partial charge is 0.493 e. The fourth-order valence-corrected chi connectivity index (χ4v) is 2.28. The SMILES string of the molecule is C=CCCNC(CC)c1ccc2c(c1)CCO2. The van der Waals surface area contributed by atoms with Crippen molar-refractivity contribution in [3.8, 4) is 5.75 Å². The fraction of sp³-hybridized carbons (Fsp3) is 0.467. The monoisotopic (exact) mass is 231 g/mol. The van der Waals surface area contributed by atoms with E-state index in [2.05, 4.69) is 37.0 Å². The third kappa shape index (κ3) is 2.89. The molecule has 1 aliphatic rings. The topological polar surface area (TPSA) is 21.3 Å². The Bertz CT molecular complexity index is 387. The standard InChI is InChI=1S/C15H21NO/c1-3-5-9-16-14(4-2)12-6-7-15-13(11-12)8-10-17-15/h3,6-7,11,14,16H,1,4-5,8-10H2,2H3. The van der Waals surface area contributed by atoms with Gasteiger partial charge in [-0.1, -0.05) is 25.1 Å². The Morgan fingerprint density at radius 3 is 3.18 bits per heavy atom. The van der Waals surface area contributed by atoms with Crippen LogP contribution in [-0.4, -0.2) is 13.2 Å². The van der Waals surface area contributed by atoms with Crippen LogP contribution in [0.2, 0.25) is 0 Å². The smallest absolute Gasteiger partial charge is 0.122 e. The zero-order valence-electron chi connectivity index (χ0n) is 10.5. The van der Waals surface area contributed by atoms with E-state index < -0.39 is 0 Å². The van der Waals surface area contributed by atoms with Crippen LogP contribution in [0.5, 0.6) is 5.75 Å². The Morgan fingerprint density at radius 2 is 2.41 bits per heavy atom. The summed E-state index contributed by atoms with van der Waals surface area (Å²) in [5.74, 6) is 1.06. The molecule has 2 heteroatoms. The minimum atomic E-state index is 0.445. The average molecular weight is 231 g/mol. The number of ether oxygens (including phenoxy) is 1. The summed E-state index contributed by atoms with van der Waals surface area (Å²) in [5, 5.41) is 3.57. The van der Waals surface area contributed by atoms with Gasteiger partial charge in [-0.05, 0) is 36.6 Å². The summed E-state index contributed by atoms with van der Waals surface area (Å²) >= 11 is 0. The normalized spacial score (nSPS) is 15.1. The minimum absolute atomic E-state index is 0.445. The molecule has 1 aromatic rings. The van der Waals surface area contributed by atoms with E-state index in [9.17, 15) is 0 Å². The van der Waals surface area contributed by atoms with Crippen LogP contribution in [0.15, 0.2) is 30.9 Å². The van der Waals surface area contributed by atoms with Gasteiger partial charge in [-0.2, -0.15) is 0 Å². The molecule has 0 saturated carbocycles. The van der Waals surface area contributed by atoms with Gasteiger partial charge >= 0.3 is 0 Å². The number of rotatable bonds is 6. The first-order valence-electron chi connectivity index (χ1n) is 6.45. The lowest BCUT2D eigenvalue weighted by atomic mass is 10.0. The maximum atomic E-state index is 5.53. The first kappa shape index (κ1) is 12.2. The molecule has 0 aromatic heterocycles. The van der Waals surface area contributed by atoms with Gasteiger partial charge in [0.2, 0.25) is 0 Å². The molecule has 0 spiro atoms. The third-order valence-corrected chi connectivity index (χ3v) is 3.26. The molecule has 0 fully saturated rings. The summed E-state index contributed by atoms with van der Waals surface area (Å²) in [7, 11) is 0. The van der Waals surface area contributed by atoms with Crippen molar-refractivity contribution in [2.45, 2.75) is 32.2 Å². The van der Waals surface area contributed by atoms with Gasteiger partial charge < -0.3 is 10.1 Å². The van der Waals surface area contributed by atoms with E-state index in [4.69, 9.17) is 4.74 Å². The minimum Gasteiger partial charge on any atom is -0.493 e. The van der Waals surface area contributed by atoms with Crippen molar-refractivity contribution in [1.29, 1.82) is 0 Å². The highest BCUT2D eigenvalue weighted by atomic mass is 16.5. The second-order valence-electron chi connectivity index (χ2n) is 4.46. The van der Waals surface area contributed by atoms with Gasteiger partial charge in [0.1, 0.15) is 5.75 Å². The summed E-state index contributed by atoms with van der Waals surface area (Å²) in [5.41, 5.74) is 2.73. The van der Waals surface area contributed by atoms with Crippen molar-refractivity contribution in [3.63, 3.8) is 0 Å². The summed E-state index contributed by atoms with van der Waals surface area (Å²) < 4.78 is 5.53. The van der Waals surface area contributed by atoms with Crippen LogP contribution in [0.4, 0.5) is 0 Å². The Hall–Kier alpha value is -1.28. The highest BCUT2D eigenvalue weighted by Crippen LogP contribution is 2.28. The molecule has 92 valence electrons. The highest BCUT2D eigenvalue weighted by molar-refractivity contribution is 5.40. The average Bonchev–Trinajstić information content (AvgIpc) is 2.82. The Morgan fingerprint density at radius 1 is 1.53 bits per heavy atom. The number of hydrogen-bond donors (Lipinski definition) is 1. The van der Waals surface area contributed by atoms with Crippen LogP contribution in [0.25, 0.3) is 0 Å². The van der Waals surface area contributed by atoms with Crippen molar-refractivity contribution in [2.24, 2.45) is 0 Å². The Labute approximate surface area is 104 Å². The van der Waals surface area contributed by atoms with Gasteiger partial charge in [0.15, 0.2) is 0 Å². The van der Waals surface area contributed by atoms with E-state index in [1.165, 1.54) is 11.1 Å². The van der Waals surface area contributed by atoms with Crippen LogP contribution in [0.3, 0.4) is 0 Å². The summed E-state index contributed by atoms with van der Waals surface area (Å²) in [6, 6.07) is 7.02. The van der Waals surface area contributed by atoms with Gasteiger partial charge in [0.25, 0.3) is 0 Å². The van der Waals surface area contributed by atoms with E-state index in [1.54, 1.807) is 0 Å². The Balaban J connectivity index is 2.05. The number of fused-ring (bicyclic) bond motifs is 1. The van der Waals surface area contributed by atoms with Crippen LogP contribution in [0, 0.1) is 0 Å². The van der Waals surface area contributed by atoms with E-state index in [-0.39, 0.29) is 0 Å². The van der Waals surface area contributed by atoms with Crippen LogP contribution in [0.1, 0.15) is 36.9 Å². The van der Waals surface area contributed by atoms with Gasteiger partial charge in [-0.15, -0.1) is 6.58 Å². The quantitative estimate of drug-likeness (QED) is 0.599. The molecule has 1 N–H and O–H groups in total. The van der Waals surface area contributed by atoms with Gasteiger partial charge in [0, 0.05) is 12.5 Å². The Kier molecular flexibility index (Phi) is 4.21. The predicted octanol–water partition coefficient (Wildman–Crippen LogP) is 3.24. The lowest BCUT2D eigenvalue weighted by Crippen LogP contribution is -2.21. The molecule has 1 unspecified atom stereocenters. The molecule has 0 saturated heterocycles. The number of nitrogens with one attached hydrogen (secondary N) is 1. The highest BCUT2D eigenvalue weighted by Gasteiger charge is 2.15. The third-order valence-electron chi connectivity index (χ3n) is 3.26. The lowest BCUT2D eigenvalue weighted by molar-refractivity contribution is 0.356. The maximum Gasteiger partial charge on any atom is 0.122 e. The summed E-state index contributed by atoms with van der Waals surface area (Å²) in [6.07, 6.45) is 5.13. The van der Waals surface area contributed by atoms with Crippen LogP contribution < -0.4 is 10.1 Å². The molecular formula is C15H21NO. The molecule has 1 heterocycles. The van der Waals surface area contributed by atoms with Crippen molar-refractivity contribution in [1.82, 2.24) is 5.32 Å². The van der Waals surface area contributed by atoms with Gasteiger partial charge in [0.05, 0.1) is 6.61 Å². The lowest BCUT2D eigenvalue weighted by Gasteiger charge is -2.17. The van der Waals surface area contributed by atoms with Crippen LogP contribution >= 0.6 is 0 Å². The first-order valence-corrected chi connectivity index (χ1v) is 6.45. The molecule has 2 nitrogen and oxygen atoms in total. The number of hydrogen-bond acceptors (Lipinski definition) is 2. The van der Waals surface area contributed by atoms with Crippen LogP contribution in [-0.2, 0) is 6.42 Å². The van der Waals surface area contributed by atoms with Crippen molar-refractivity contribution < 1.29 is 4.74 Å². The second-order valence-corrected chi connectivity index (χ2v) is 4.46. The zero-order chi connectivity index (χ0) is 12.1. The fourth-order valence-electron chi connectivity index (χ4n) is 2.28.